The number of carbonyl (C=O) groups is 1. The van der Waals surface area contributed by atoms with Crippen LogP contribution in [0, 0.1) is 17.7 Å². The van der Waals surface area contributed by atoms with Gasteiger partial charge in [0, 0.05) is 5.69 Å². The molecule has 3 nitrogen and oxygen atoms in total. The molecule has 4 heteroatoms. The molecule has 1 aromatic carbocycles. The van der Waals surface area contributed by atoms with Crippen molar-refractivity contribution in [1.82, 2.24) is 0 Å². The molecule has 1 aromatic rings. The van der Waals surface area contributed by atoms with Crippen molar-refractivity contribution in [2.75, 3.05) is 12.4 Å². The van der Waals surface area contributed by atoms with Gasteiger partial charge in [-0.15, -0.1) is 0 Å². The third kappa shape index (κ3) is 3.71. The zero-order valence-electron chi connectivity index (χ0n) is 12.1. The van der Waals surface area contributed by atoms with Gasteiger partial charge in [-0.3, -0.25) is 0 Å². The van der Waals surface area contributed by atoms with Gasteiger partial charge in [0.2, 0.25) is 0 Å². The summed E-state index contributed by atoms with van der Waals surface area (Å²) in [6.45, 7) is 2.21. The van der Waals surface area contributed by atoms with E-state index in [0.29, 0.717) is 11.6 Å². The lowest BCUT2D eigenvalue weighted by atomic mass is 9.78. The summed E-state index contributed by atoms with van der Waals surface area (Å²) in [5.74, 6) is 0.286. The van der Waals surface area contributed by atoms with Crippen LogP contribution in [0.4, 0.5) is 10.1 Å². The molecule has 110 valence electrons. The minimum absolute atomic E-state index is 0.245. The second-order valence-electron chi connectivity index (χ2n) is 5.69. The Hall–Kier alpha value is -1.58. The van der Waals surface area contributed by atoms with Gasteiger partial charge in [-0.25, -0.2) is 9.18 Å². The predicted octanol–water partition coefficient (Wildman–Crippen LogP) is 3.61. The van der Waals surface area contributed by atoms with Crippen LogP contribution >= 0.6 is 0 Å². The smallest absolute Gasteiger partial charge is 0.328 e. The molecule has 0 spiro atoms. The number of halogens is 1. The zero-order valence-corrected chi connectivity index (χ0v) is 12.1. The molecule has 0 heterocycles. The number of hydrogen-bond acceptors (Lipinski definition) is 3. The van der Waals surface area contributed by atoms with Gasteiger partial charge in [-0.1, -0.05) is 25.8 Å². The molecular formula is C16H22FNO2. The minimum Gasteiger partial charge on any atom is -0.467 e. The lowest BCUT2D eigenvalue weighted by Gasteiger charge is -2.32. The number of carbonyl (C=O) groups excluding carboxylic acids is 1. The van der Waals surface area contributed by atoms with E-state index >= 15 is 0 Å². The Kier molecular flexibility index (Phi) is 4.99. The minimum atomic E-state index is -0.399. The second-order valence-corrected chi connectivity index (χ2v) is 5.69. The summed E-state index contributed by atoms with van der Waals surface area (Å²) in [5.41, 5.74) is 0.624. The maximum Gasteiger partial charge on any atom is 0.328 e. The molecule has 0 amide bonds. The molecule has 0 aliphatic heterocycles. The highest BCUT2D eigenvalue weighted by Gasteiger charge is 2.32. The standard InChI is InChI=1S/C16H22FNO2/c1-11-5-3-6-12(9-11)15(16(19)20-2)18-14-8-4-7-13(17)10-14/h4,7-8,10-12,15,18H,3,5-6,9H2,1-2H3. The lowest BCUT2D eigenvalue weighted by molar-refractivity contribution is -0.143. The predicted molar refractivity (Wildman–Crippen MR) is 76.9 cm³/mol. The first-order valence-corrected chi connectivity index (χ1v) is 7.20. The maximum absolute atomic E-state index is 13.2. The van der Waals surface area contributed by atoms with Crippen LogP contribution in [0.2, 0.25) is 0 Å². The SMILES string of the molecule is COC(=O)C(Nc1cccc(F)c1)C1CCCC(C)C1. The summed E-state index contributed by atoms with van der Waals surface area (Å²) in [4.78, 5) is 12.0. The fraction of sp³-hybridized carbons (Fsp3) is 0.562. The van der Waals surface area contributed by atoms with Crippen LogP contribution in [0.3, 0.4) is 0 Å². The van der Waals surface area contributed by atoms with E-state index in [9.17, 15) is 9.18 Å². The molecule has 1 aliphatic rings. The number of esters is 1. The van der Waals surface area contributed by atoms with Crippen LogP contribution in [0.5, 0.6) is 0 Å². The van der Waals surface area contributed by atoms with Crippen LogP contribution in [-0.2, 0) is 9.53 Å². The van der Waals surface area contributed by atoms with Gasteiger partial charge >= 0.3 is 5.97 Å². The topological polar surface area (TPSA) is 38.3 Å². The van der Waals surface area contributed by atoms with Crippen LogP contribution < -0.4 is 5.32 Å². The number of anilines is 1. The first kappa shape index (κ1) is 14.8. The molecule has 1 N–H and O–H groups in total. The van der Waals surface area contributed by atoms with Gasteiger partial charge in [0.1, 0.15) is 11.9 Å². The zero-order chi connectivity index (χ0) is 14.5. The van der Waals surface area contributed by atoms with Crippen LogP contribution in [0.15, 0.2) is 24.3 Å². The summed E-state index contributed by atoms with van der Waals surface area (Å²) >= 11 is 0. The van der Waals surface area contributed by atoms with E-state index in [-0.39, 0.29) is 17.7 Å². The average molecular weight is 279 g/mol. The molecule has 0 bridgehead atoms. The van der Waals surface area contributed by atoms with Crippen LogP contribution in [0.25, 0.3) is 0 Å². The molecule has 0 saturated heterocycles. The first-order chi connectivity index (χ1) is 9.60. The molecule has 3 unspecified atom stereocenters. The van der Waals surface area contributed by atoms with Crippen molar-refractivity contribution in [1.29, 1.82) is 0 Å². The van der Waals surface area contributed by atoms with E-state index < -0.39 is 6.04 Å². The Morgan fingerprint density at radius 1 is 1.45 bits per heavy atom. The normalized spacial score (nSPS) is 23.9. The summed E-state index contributed by atoms with van der Waals surface area (Å²) in [7, 11) is 1.40. The molecule has 0 aromatic heterocycles. The molecule has 1 fully saturated rings. The average Bonchev–Trinajstić information content (AvgIpc) is 2.44. The van der Waals surface area contributed by atoms with Crippen molar-refractivity contribution in [3.05, 3.63) is 30.1 Å². The van der Waals surface area contributed by atoms with E-state index in [1.807, 2.05) is 0 Å². The van der Waals surface area contributed by atoms with Gasteiger partial charge < -0.3 is 10.1 Å². The molecule has 3 atom stereocenters. The molecule has 1 saturated carbocycles. The molecule has 1 aliphatic carbocycles. The number of benzene rings is 1. The summed E-state index contributed by atoms with van der Waals surface area (Å²) in [6.07, 6.45) is 4.35. The van der Waals surface area contributed by atoms with Gasteiger partial charge in [0.25, 0.3) is 0 Å². The van der Waals surface area contributed by atoms with E-state index in [0.717, 1.165) is 19.3 Å². The van der Waals surface area contributed by atoms with E-state index in [2.05, 4.69) is 12.2 Å². The van der Waals surface area contributed by atoms with Gasteiger partial charge in [-0.2, -0.15) is 0 Å². The van der Waals surface area contributed by atoms with Crippen molar-refractivity contribution in [3.63, 3.8) is 0 Å². The lowest BCUT2D eigenvalue weighted by Crippen LogP contribution is -2.40. The van der Waals surface area contributed by atoms with Crippen LogP contribution in [-0.4, -0.2) is 19.1 Å². The summed E-state index contributed by atoms with van der Waals surface area (Å²) < 4.78 is 18.2. The van der Waals surface area contributed by atoms with Crippen molar-refractivity contribution >= 4 is 11.7 Å². The highest BCUT2D eigenvalue weighted by atomic mass is 19.1. The molecule has 2 rings (SSSR count). The van der Waals surface area contributed by atoms with Crippen molar-refractivity contribution < 1.29 is 13.9 Å². The quantitative estimate of drug-likeness (QED) is 0.856. The fourth-order valence-electron chi connectivity index (χ4n) is 3.04. The number of rotatable bonds is 4. The summed E-state index contributed by atoms with van der Waals surface area (Å²) in [6, 6.07) is 5.80. The molecule has 20 heavy (non-hydrogen) atoms. The van der Waals surface area contributed by atoms with E-state index in [1.165, 1.54) is 25.7 Å². The third-order valence-corrected chi connectivity index (χ3v) is 4.05. The number of ether oxygens (including phenoxy) is 1. The Bertz CT molecular complexity index is 464. The largest absolute Gasteiger partial charge is 0.467 e. The number of hydrogen-bond donors (Lipinski definition) is 1. The Balaban J connectivity index is 2.13. The Morgan fingerprint density at radius 3 is 2.90 bits per heavy atom. The Morgan fingerprint density at radius 2 is 2.25 bits per heavy atom. The molecule has 0 radical (unpaired) electrons. The highest BCUT2D eigenvalue weighted by molar-refractivity contribution is 5.79. The first-order valence-electron chi connectivity index (χ1n) is 7.20. The van der Waals surface area contributed by atoms with Gasteiger partial charge in [0.05, 0.1) is 7.11 Å². The van der Waals surface area contributed by atoms with Gasteiger partial charge in [-0.05, 0) is 42.9 Å². The fourth-order valence-corrected chi connectivity index (χ4v) is 3.04. The third-order valence-electron chi connectivity index (χ3n) is 4.05. The maximum atomic E-state index is 13.2. The Labute approximate surface area is 119 Å². The van der Waals surface area contributed by atoms with Crippen LogP contribution in [0.1, 0.15) is 32.6 Å². The highest BCUT2D eigenvalue weighted by Crippen LogP contribution is 2.32. The van der Waals surface area contributed by atoms with E-state index in [4.69, 9.17) is 4.74 Å². The van der Waals surface area contributed by atoms with E-state index in [1.54, 1.807) is 12.1 Å². The van der Waals surface area contributed by atoms with Gasteiger partial charge in [0.15, 0.2) is 0 Å². The summed E-state index contributed by atoms with van der Waals surface area (Å²) in [5, 5.41) is 3.15. The van der Waals surface area contributed by atoms with Crippen molar-refractivity contribution in [2.45, 2.75) is 38.6 Å². The number of methoxy groups -OCH3 is 1. The monoisotopic (exact) mass is 279 g/mol. The second kappa shape index (κ2) is 6.73. The number of nitrogens with one attached hydrogen (secondary N) is 1. The van der Waals surface area contributed by atoms with Crippen molar-refractivity contribution in [3.8, 4) is 0 Å². The van der Waals surface area contributed by atoms with Crippen molar-refractivity contribution in [2.24, 2.45) is 11.8 Å². The molecular weight excluding hydrogens is 257 g/mol.